The minimum Gasteiger partial charge on any atom is -0.442 e. The molecular formula is C32H33ClF4N4O2. The van der Waals surface area contributed by atoms with Crippen LogP contribution < -0.4 is 9.64 Å². The SMILES string of the molecule is C=C(Oc1ccc(F)cc1)N(C)[C@@H]1CN(C(=O)C2CCN(c3ccc(C(F)(F)F)cn3)CC2)C[C@@]1(C)c1ccc(Cl)cc1. The Kier molecular flexibility index (Phi) is 8.61. The zero-order valence-corrected chi connectivity index (χ0v) is 24.7. The van der Waals surface area contributed by atoms with Crippen molar-refractivity contribution in [2.75, 3.05) is 38.1 Å². The fourth-order valence-corrected chi connectivity index (χ4v) is 6.17. The second-order valence-corrected chi connectivity index (χ2v) is 11.8. The average molecular weight is 617 g/mol. The predicted molar refractivity (Wildman–Crippen MR) is 157 cm³/mol. The molecular weight excluding hydrogens is 584 g/mol. The van der Waals surface area contributed by atoms with E-state index in [-0.39, 0.29) is 23.7 Å². The zero-order chi connectivity index (χ0) is 30.9. The molecule has 0 bridgehead atoms. The first-order valence-electron chi connectivity index (χ1n) is 14.0. The second-order valence-electron chi connectivity index (χ2n) is 11.4. The topological polar surface area (TPSA) is 48.9 Å². The fourth-order valence-electron chi connectivity index (χ4n) is 6.05. The number of hydrogen-bond acceptors (Lipinski definition) is 5. The molecule has 1 amide bonds. The molecule has 1 aromatic heterocycles. The number of ether oxygens (including phenoxy) is 1. The van der Waals surface area contributed by atoms with Gasteiger partial charge >= 0.3 is 6.18 Å². The summed E-state index contributed by atoms with van der Waals surface area (Å²) in [5.41, 5.74) is -0.263. The van der Waals surface area contributed by atoms with Crippen LogP contribution in [0.25, 0.3) is 0 Å². The molecule has 0 N–H and O–H groups in total. The number of likely N-dealkylation sites (tertiary alicyclic amines) is 1. The quantitative estimate of drug-likeness (QED) is 0.217. The van der Waals surface area contributed by atoms with Gasteiger partial charge in [0.1, 0.15) is 17.4 Å². The van der Waals surface area contributed by atoms with Gasteiger partial charge in [0.05, 0.1) is 11.6 Å². The summed E-state index contributed by atoms with van der Waals surface area (Å²) in [5, 5.41) is 0.613. The fraction of sp³-hybridized carbons (Fsp3) is 0.375. The predicted octanol–water partition coefficient (Wildman–Crippen LogP) is 6.76. The first-order valence-corrected chi connectivity index (χ1v) is 14.4. The van der Waals surface area contributed by atoms with E-state index in [2.05, 4.69) is 18.5 Å². The lowest BCUT2D eigenvalue weighted by Gasteiger charge is -2.38. The smallest absolute Gasteiger partial charge is 0.417 e. The summed E-state index contributed by atoms with van der Waals surface area (Å²) in [7, 11) is 1.87. The zero-order valence-electron chi connectivity index (χ0n) is 24.0. The van der Waals surface area contributed by atoms with E-state index < -0.39 is 17.2 Å². The Morgan fingerprint density at radius 3 is 2.30 bits per heavy atom. The van der Waals surface area contributed by atoms with Crippen LogP contribution in [-0.2, 0) is 16.4 Å². The van der Waals surface area contributed by atoms with Crippen molar-refractivity contribution in [3.8, 4) is 5.75 Å². The molecule has 0 spiro atoms. The Morgan fingerprint density at radius 1 is 1.07 bits per heavy atom. The molecule has 0 saturated carbocycles. The molecule has 3 aromatic rings. The van der Waals surface area contributed by atoms with Gasteiger partial charge in [-0.2, -0.15) is 13.2 Å². The van der Waals surface area contributed by atoms with Gasteiger partial charge in [-0.1, -0.05) is 30.7 Å². The van der Waals surface area contributed by atoms with E-state index in [0.717, 1.165) is 17.8 Å². The van der Waals surface area contributed by atoms with Gasteiger partial charge in [0, 0.05) is 55.8 Å². The van der Waals surface area contributed by atoms with E-state index in [1.54, 1.807) is 0 Å². The van der Waals surface area contributed by atoms with Gasteiger partial charge < -0.3 is 19.4 Å². The highest BCUT2D eigenvalue weighted by Gasteiger charge is 2.49. The summed E-state index contributed by atoms with van der Waals surface area (Å²) < 4.78 is 58.2. The van der Waals surface area contributed by atoms with Gasteiger partial charge in [0.25, 0.3) is 0 Å². The van der Waals surface area contributed by atoms with Gasteiger partial charge in [-0.25, -0.2) is 9.37 Å². The number of piperidine rings is 1. The maximum Gasteiger partial charge on any atom is 0.417 e. The summed E-state index contributed by atoms with van der Waals surface area (Å²) >= 11 is 6.18. The minimum absolute atomic E-state index is 0.0428. The molecule has 3 heterocycles. The number of likely N-dealkylation sites (N-methyl/N-ethyl adjacent to an activating group) is 1. The molecule has 43 heavy (non-hydrogen) atoms. The van der Waals surface area contributed by atoms with E-state index in [1.807, 2.05) is 46.0 Å². The number of anilines is 1. The molecule has 0 unspecified atom stereocenters. The third-order valence-electron chi connectivity index (χ3n) is 8.62. The van der Waals surface area contributed by atoms with E-state index in [0.29, 0.717) is 61.5 Å². The second kappa shape index (κ2) is 12.1. The number of pyridine rings is 1. The summed E-state index contributed by atoms with van der Waals surface area (Å²) in [5.74, 6) is 0.740. The van der Waals surface area contributed by atoms with E-state index in [4.69, 9.17) is 16.3 Å². The van der Waals surface area contributed by atoms with Crippen molar-refractivity contribution in [3.05, 3.63) is 101 Å². The first-order chi connectivity index (χ1) is 20.3. The highest BCUT2D eigenvalue weighted by Crippen LogP contribution is 2.40. The van der Waals surface area contributed by atoms with E-state index in [9.17, 15) is 22.4 Å². The van der Waals surface area contributed by atoms with Crippen molar-refractivity contribution >= 4 is 23.3 Å². The highest BCUT2D eigenvalue weighted by molar-refractivity contribution is 6.30. The Bertz CT molecular complexity index is 1440. The van der Waals surface area contributed by atoms with Gasteiger partial charge in [-0.3, -0.25) is 4.79 Å². The van der Waals surface area contributed by atoms with Gasteiger partial charge in [-0.15, -0.1) is 0 Å². The largest absolute Gasteiger partial charge is 0.442 e. The summed E-state index contributed by atoms with van der Waals surface area (Å²) in [6.45, 7) is 8.15. The van der Waals surface area contributed by atoms with Crippen molar-refractivity contribution in [2.45, 2.75) is 37.4 Å². The third-order valence-corrected chi connectivity index (χ3v) is 8.87. The molecule has 2 aliphatic rings. The van der Waals surface area contributed by atoms with Gasteiger partial charge in [0.2, 0.25) is 5.91 Å². The summed E-state index contributed by atoms with van der Waals surface area (Å²) in [6.07, 6.45) is -2.46. The molecule has 2 aliphatic heterocycles. The molecule has 11 heteroatoms. The van der Waals surface area contributed by atoms with Crippen LogP contribution in [-0.4, -0.2) is 60.0 Å². The number of halogens is 5. The highest BCUT2D eigenvalue weighted by atomic mass is 35.5. The van der Waals surface area contributed by atoms with Gasteiger partial charge in [-0.05, 0) is 73.5 Å². The molecule has 5 rings (SSSR count). The number of carbonyl (C=O) groups excluding carboxylic acids is 1. The number of hydrogen-bond donors (Lipinski definition) is 0. The Balaban J connectivity index is 1.29. The van der Waals surface area contributed by atoms with Crippen LogP contribution in [0.5, 0.6) is 5.75 Å². The van der Waals surface area contributed by atoms with Crippen LogP contribution in [0.4, 0.5) is 23.4 Å². The third kappa shape index (κ3) is 6.59. The summed E-state index contributed by atoms with van der Waals surface area (Å²) in [4.78, 5) is 23.6. The molecule has 2 fully saturated rings. The number of amides is 1. The van der Waals surface area contributed by atoms with Crippen LogP contribution in [0.15, 0.2) is 79.3 Å². The number of alkyl halides is 3. The molecule has 6 nitrogen and oxygen atoms in total. The number of aromatic nitrogens is 1. The standard InChI is InChI=1S/C32H33ClF4N4O2/c1-21(43-27-11-9-26(34)10-12-27)39(3)28-19-41(20-31(28,2)23-4-7-25(33)8-5-23)30(42)22-14-16-40(17-15-22)29-13-6-24(18-38-29)32(35,36)37/h4-13,18,22,28H,1,14-17,19-20H2,2-3H3/t28-,31+/m1/s1. The molecule has 0 aliphatic carbocycles. The lowest BCUT2D eigenvalue weighted by Crippen LogP contribution is -2.46. The lowest BCUT2D eigenvalue weighted by molar-refractivity contribution is -0.138. The van der Waals surface area contributed by atoms with Crippen molar-refractivity contribution in [1.82, 2.24) is 14.8 Å². The van der Waals surface area contributed by atoms with Crippen LogP contribution in [0.3, 0.4) is 0 Å². The monoisotopic (exact) mass is 616 g/mol. The van der Waals surface area contributed by atoms with E-state index in [1.165, 1.54) is 30.3 Å². The Hall–Kier alpha value is -3.79. The van der Waals surface area contributed by atoms with Crippen LogP contribution in [0, 0.1) is 11.7 Å². The van der Waals surface area contributed by atoms with Crippen LogP contribution in [0.2, 0.25) is 5.02 Å². The molecule has 0 radical (unpaired) electrons. The molecule has 2 atom stereocenters. The Labute approximate surface area is 253 Å². The van der Waals surface area contributed by atoms with Crippen LogP contribution in [0.1, 0.15) is 30.9 Å². The maximum atomic E-state index is 13.9. The number of benzene rings is 2. The lowest BCUT2D eigenvalue weighted by atomic mass is 9.77. The number of carbonyl (C=O) groups is 1. The normalized spacial score (nSPS) is 21.1. The van der Waals surface area contributed by atoms with Gasteiger partial charge in [0.15, 0.2) is 5.88 Å². The average Bonchev–Trinajstić information content (AvgIpc) is 3.35. The van der Waals surface area contributed by atoms with Crippen molar-refractivity contribution in [1.29, 1.82) is 0 Å². The van der Waals surface area contributed by atoms with Crippen molar-refractivity contribution in [3.63, 3.8) is 0 Å². The van der Waals surface area contributed by atoms with E-state index >= 15 is 0 Å². The maximum absolute atomic E-state index is 13.9. The number of nitrogens with zero attached hydrogens (tertiary/aromatic N) is 4. The molecule has 228 valence electrons. The Morgan fingerprint density at radius 2 is 1.72 bits per heavy atom. The van der Waals surface area contributed by atoms with Crippen molar-refractivity contribution in [2.24, 2.45) is 5.92 Å². The molecule has 2 aromatic carbocycles. The number of rotatable bonds is 7. The van der Waals surface area contributed by atoms with Crippen LogP contribution >= 0.6 is 11.6 Å². The minimum atomic E-state index is -4.44. The summed E-state index contributed by atoms with van der Waals surface area (Å²) in [6, 6.07) is 15.5. The molecule has 2 saturated heterocycles. The first kappa shape index (κ1) is 30.7. The van der Waals surface area contributed by atoms with Crippen molar-refractivity contribution < 1.29 is 27.1 Å².